The summed E-state index contributed by atoms with van der Waals surface area (Å²) in [5.74, 6) is -0.638. The molecule has 0 saturated heterocycles. The van der Waals surface area contributed by atoms with Gasteiger partial charge in [-0.25, -0.2) is 0 Å². The van der Waals surface area contributed by atoms with Crippen molar-refractivity contribution in [2.45, 2.75) is 66.0 Å². The number of carbonyl (C=O) groups excluding carboxylic acids is 3. The number of hydrogen-bond acceptors (Lipinski definition) is 4. The van der Waals surface area contributed by atoms with Crippen LogP contribution in [-0.2, 0) is 19.1 Å². The first-order valence-electron chi connectivity index (χ1n) is 7.30. The van der Waals surface area contributed by atoms with E-state index < -0.39 is 17.6 Å². The van der Waals surface area contributed by atoms with Crippen molar-refractivity contribution in [3.63, 3.8) is 0 Å². The lowest BCUT2D eigenvalue weighted by Crippen LogP contribution is -2.45. The Balaban J connectivity index is 4.03. The molecule has 0 saturated carbocycles. The van der Waals surface area contributed by atoms with Crippen molar-refractivity contribution in [3.8, 4) is 0 Å². The lowest BCUT2D eigenvalue weighted by Gasteiger charge is -2.19. The highest BCUT2D eigenvalue weighted by molar-refractivity contribution is 5.88. The second-order valence-electron chi connectivity index (χ2n) is 6.51. The molecule has 0 bridgehead atoms. The second kappa shape index (κ2) is 8.64. The molecule has 0 aliphatic heterocycles. The molecular formula is C15H28N2O4. The predicted octanol–water partition coefficient (Wildman–Crippen LogP) is 1.39. The number of amides is 2. The van der Waals surface area contributed by atoms with E-state index in [2.05, 4.69) is 10.6 Å². The first-order valence-corrected chi connectivity index (χ1v) is 7.30. The summed E-state index contributed by atoms with van der Waals surface area (Å²) in [6, 6.07) is -0.616. The van der Waals surface area contributed by atoms with Gasteiger partial charge in [-0.1, -0.05) is 13.8 Å². The predicted molar refractivity (Wildman–Crippen MR) is 80.5 cm³/mol. The zero-order chi connectivity index (χ0) is 16.6. The van der Waals surface area contributed by atoms with E-state index in [1.54, 1.807) is 27.7 Å². The van der Waals surface area contributed by atoms with Gasteiger partial charge in [0.25, 0.3) is 0 Å². The quantitative estimate of drug-likeness (QED) is 0.696. The summed E-state index contributed by atoms with van der Waals surface area (Å²) in [6.07, 6.45) is 0.0140. The standard InChI is InChI=1S/C15H28N2O4/c1-10(2)9-16-14(20)11(3)17-12(18)7-8-13(19)21-15(4,5)6/h10-11H,7-9H2,1-6H3,(H,16,20)(H,17,18). The van der Waals surface area contributed by atoms with Crippen LogP contribution in [0.3, 0.4) is 0 Å². The molecule has 2 amide bonds. The topological polar surface area (TPSA) is 84.5 Å². The van der Waals surface area contributed by atoms with Gasteiger partial charge in [0.05, 0.1) is 6.42 Å². The summed E-state index contributed by atoms with van der Waals surface area (Å²) < 4.78 is 5.11. The molecule has 0 aromatic rings. The maximum absolute atomic E-state index is 11.7. The van der Waals surface area contributed by atoms with Crippen molar-refractivity contribution in [1.82, 2.24) is 10.6 Å². The zero-order valence-electron chi connectivity index (χ0n) is 13.9. The van der Waals surface area contributed by atoms with E-state index in [9.17, 15) is 14.4 Å². The third-order valence-corrected chi connectivity index (χ3v) is 2.43. The number of rotatable bonds is 7. The van der Waals surface area contributed by atoms with Crippen LogP contribution >= 0.6 is 0 Å². The maximum Gasteiger partial charge on any atom is 0.306 e. The molecule has 2 N–H and O–H groups in total. The van der Waals surface area contributed by atoms with E-state index in [1.165, 1.54) is 0 Å². The van der Waals surface area contributed by atoms with Crippen LogP contribution in [0.25, 0.3) is 0 Å². The van der Waals surface area contributed by atoms with Crippen LogP contribution < -0.4 is 10.6 Å². The number of esters is 1. The molecule has 6 nitrogen and oxygen atoms in total. The van der Waals surface area contributed by atoms with E-state index in [0.717, 1.165) is 0 Å². The number of nitrogens with one attached hydrogen (secondary N) is 2. The fourth-order valence-corrected chi connectivity index (χ4v) is 1.45. The highest BCUT2D eigenvalue weighted by atomic mass is 16.6. The monoisotopic (exact) mass is 300 g/mol. The van der Waals surface area contributed by atoms with Gasteiger partial charge in [-0.05, 0) is 33.6 Å². The van der Waals surface area contributed by atoms with Gasteiger partial charge in [0.15, 0.2) is 0 Å². The Morgan fingerprint density at radius 3 is 2.10 bits per heavy atom. The molecule has 1 unspecified atom stereocenters. The minimum absolute atomic E-state index is 0.00341. The molecule has 0 aromatic carbocycles. The van der Waals surface area contributed by atoms with E-state index in [-0.39, 0.29) is 24.7 Å². The molecule has 0 rings (SSSR count). The molecule has 0 aromatic heterocycles. The van der Waals surface area contributed by atoms with Gasteiger partial charge in [-0.2, -0.15) is 0 Å². The summed E-state index contributed by atoms with van der Waals surface area (Å²) in [5.41, 5.74) is -0.558. The zero-order valence-corrected chi connectivity index (χ0v) is 13.9. The first-order chi connectivity index (χ1) is 9.51. The molecule has 0 spiro atoms. The van der Waals surface area contributed by atoms with Gasteiger partial charge in [0, 0.05) is 13.0 Å². The van der Waals surface area contributed by atoms with Crippen LogP contribution in [0.1, 0.15) is 54.4 Å². The van der Waals surface area contributed by atoms with Crippen molar-refractivity contribution < 1.29 is 19.1 Å². The molecule has 0 aliphatic rings. The highest BCUT2D eigenvalue weighted by Crippen LogP contribution is 2.09. The first kappa shape index (κ1) is 19.4. The van der Waals surface area contributed by atoms with E-state index in [1.807, 2.05) is 13.8 Å². The third kappa shape index (κ3) is 10.8. The molecule has 6 heteroatoms. The van der Waals surface area contributed by atoms with Gasteiger partial charge in [-0.15, -0.1) is 0 Å². The Hall–Kier alpha value is -1.59. The largest absolute Gasteiger partial charge is 0.460 e. The molecule has 0 radical (unpaired) electrons. The van der Waals surface area contributed by atoms with Crippen molar-refractivity contribution in [3.05, 3.63) is 0 Å². The average molecular weight is 300 g/mol. The number of ether oxygens (including phenoxy) is 1. The average Bonchev–Trinajstić information content (AvgIpc) is 2.31. The van der Waals surface area contributed by atoms with Crippen LogP contribution in [0.15, 0.2) is 0 Å². The van der Waals surface area contributed by atoms with Crippen LogP contribution in [0.5, 0.6) is 0 Å². The van der Waals surface area contributed by atoms with Crippen LogP contribution in [0, 0.1) is 5.92 Å². The fraction of sp³-hybridized carbons (Fsp3) is 0.800. The molecule has 0 aliphatic carbocycles. The van der Waals surface area contributed by atoms with Gasteiger partial charge in [-0.3, -0.25) is 14.4 Å². The second-order valence-corrected chi connectivity index (χ2v) is 6.51. The van der Waals surface area contributed by atoms with Gasteiger partial charge >= 0.3 is 5.97 Å². The smallest absolute Gasteiger partial charge is 0.306 e. The van der Waals surface area contributed by atoms with Gasteiger partial charge in [0.1, 0.15) is 11.6 Å². The lowest BCUT2D eigenvalue weighted by atomic mass is 10.2. The number of hydrogen-bond donors (Lipinski definition) is 2. The van der Waals surface area contributed by atoms with E-state index in [4.69, 9.17) is 4.74 Å². The van der Waals surface area contributed by atoms with Crippen LogP contribution in [0.4, 0.5) is 0 Å². The normalized spacial score (nSPS) is 12.7. The molecule has 0 heterocycles. The maximum atomic E-state index is 11.7. The summed E-state index contributed by atoms with van der Waals surface area (Å²) in [4.78, 5) is 34.8. The van der Waals surface area contributed by atoms with Gasteiger partial charge < -0.3 is 15.4 Å². The molecule has 21 heavy (non-hydrogen) atoms. The Labute approximate surface area is 127 Å². The molecular weight excluding hydrogens is 272 g/mol. The Kier molecular flexibility index (Phi) is 7.99. The lowest BCUT2D eigenvalue weighted by molar-refractivity contribution is -0.155. The fourth-order valence-electron chi connectivity index (χ4n) is 1.45. The van der Waals surface area contributed by atoms with Gasteiger partial charge in [0.2, 0.25) is 11.8 Å². The van der Waals surface area contributed by atoms with Crippen molar-refractivity contribution in [2.24, 2.45) is 5.92 Å². The van der Waals surface area contributed by atoms with E-state index >= 15 is 0 Å². The summed E-state index contributed by atoms with van der Waals surface area (Å²) in [7, 11) is 0. The number of carbonyl (C=O) groups is 3. The minimum Gasteiger partial charge on any atom is -0.460 e. The molecule has 122 valence electrons. The van der Waals surface area contributed by atoms with Crippen molar-refractivity contribution >= 4 is 17.8 Å². The van der Waals surface area contributed by atoms with Crippen molar-refractivity contribution in [1.29, 1.82) is 0 Å². The highest BCUT2D eigenvalue weighted by Gasteiger charge is 2.19. The van der Waals surface area contributed by atoms with E-state index in [0.29, 0.717) is 12.5 Å². The van der Waals surface area contributed by atoms with Crippen LogP contribution in [-0.4, -0.2) is 36.0 Å². The van der Waals surface area contributed by atoms with Crippen LogP contribution in [0.2, 0.25) is 0 Å². The summed E-state index contributed by atoms with van der Waals surface area (Å²) in [6.45, 7) is 11.5. The SMILES string of the molecule is CC(C)CNC(=O)C(C)NC(=O)CCC(=O)OC(C)(C)C. The van der Waals surface area contributed by atoms with Crippen molar-refractivity contribution in [2.75, 3.05) is 6.54 Å². The molecule has 0 fully saturated rings. The third-order valence-electron chi connectivity index (χ3n) is 2.43. The molecule has 1 atom stereocenters. The summed E-state index contributed by atoms with van der Waals surface area (Å²) >= 11 is 0. The Morgan fingerprint density at radius 1 is 1.05 bits per heavy atom. The Bertz CT molecular complexity index is 372. The Morgan fingerprint density at radius 2 is 1.62 bits per heavy atom. The summed E-state index contributed by atoms with van der Waals surface area (Å²) in [5, 5.41) is 5.30. The minimum atomic E-state index is -0.616.